The fourth-order valence-corrected chi connectivity index (χ4v) is 2.70. The average Bonchev–Trinajstić information content (AvgIpc) is 2.97. The molecule has 0 spiro atoms. The van der Waals surface area contributed by atoms with Gasteiger partial charge < -0.3 is 4.98 Å². The molecular formula is C17H10N4. The van der Waals surface area contributed by atoms with Crippen LogP contribution in [0.2, 0.25) is 0 Å². The number of H-pyrrole nitrogens is 1. The molecule has 98 valence electrons. The highest BCUT2D eigenvalue weighted by Gasteiger charge is 2.14. The van der Waals surface area contributed by atoms with Gasteiger partial charge in [0.1, 0.15) is 6.07 Å². The number of para-hydroxylation sites is 1. The molecule has 1 aromatic carbocycles. The molecule has 0 aliphatic carbocycles. The second kappa shape index (κ2) is 4.43. The molecule has 0 unspecified atom stereocenters. The third-order valence-corrected chi connectivity index (χ3v) is 3.65. The van der Waals surface area contributed by atoms with Crippen LogP contribution in [-0.2, 0) is 0 Å². The van der Waals surface area contributed by atoms with E-state index in [1.165, 1.54) is 0 Å². The van der Waals surface area contributed by atoms with E-state index in [-0.39, 0.29) is 0 Å². The molecule has 0 radical (unpaired) electrons. The second-order valence-corrected chi connectivity index (χ2v) is 4.80. The van der Waals surface area contributed by atoms with Gasteiger partial charge in [-0.1, -0.05) is 18.2 Å². The Morgan fingerprint density at radius 3 is 2.86 bits per heavy atom. The van der Waals surface area contributed by atoms with Crippen molar-refractivity contribution in [2.45, 2.75) is 0 Å². The summed E-state index contributed by atoms with van der Waals surface area (Å²) in [5, 5.41) is 11.5. The zero-order valence-electron chi connectivity index (χ0n) is 11.0. The summed E-state index contributed by atoms with van der Waals surface area (Å²) < 4.78 is 0. The maximum atomic E-state index is 9.43. The summed E-state index contributed by atoms with van der Waals surface area (Å²) in [6.45, 7) is 0. The number of nitrogens with one attached hydrogen (secondary N) is 1. The lowest BCUT2D eigenvalue weighted by Crippen LogP contribution is -1.90. The van der Waals surface area contributed by atoms with Gasteiger partial charge in [-0.05, 0) is 12.1 Å². The molecule has 3 aromatic heterocycles. The molecule has 0 saturated heterocycles. The van der Waals surface area contributed by atoms with E-state index in [2.05, 4.69) is 27.1 Å². The quantitative estimate of drug-likeness (QED) is 0.574. The van der Waals surface area contributed by atoms with Gasteiger partial charge in [-0.15, -0.1) is 0 Å². The lowest BCUT2D eigenvalue weighted by Gasteiger charge is -2.07. The summed E-state index contributed by atoms with van der Waals surface area (Å²) in [5.41, 5.74) is 4.33. The van der Waals surface area contributed by atoms with Gasteiger partial charge in [-0.25, -0.2) is 0 Å². The molecule has 4 rings (SSSR count). The number of aromatic amines is 1. The van der Waals surface area contributed by atoms with Crippen LogP contribution in [0.3, 0.4) is 0 Å². The van der Waals surface area contributed by atoms with Gasteiger partial charge in [0.2, 0.25) is 0 Å². The third-order valence-electron chi connectivity index (χ3n) is 3.65. The predicted octanol–water partition coefficient (Wildman–Crippen LogP) is 3.65. The number of pyridine rings is 2. The van der Waals surface area contributed by atoms with Crippen LogP contribution in [0.15, 0.2) is 55.1 Å². The summed E-state index contributed by atoms with van der Waals surface area (Å²) in [6.07, 6.45) is 7.00. The fraction of sp³-hybridized carbons (Fsp3) is 0. The van der Waals surface area contributed by atoms with Crippen molar-refractivity contribution >= 4 is 21.8 Å². The molecule has 0 fully saturated rings. The molecular weight excluding hydrogens is 260 g/mol. The minimum Gasteiger partial charge on any atom is -0.361 e. The van der Waals surface area contributed by atoms with E-state index in [1.807, 2.05) is 30.5 Å². The van der Waals surface area contributed by atoms with Crippen molar-refractivity contribution in [1.82, 2.24) is 15.0 Å². The first-order valence-electron chi connectivity index (χ1n) is 6.58. The normalized spacial score (nSPS) is 10.8. The van der Waals surface area contributed by atoms with Crippen LogP contribution in [0.4, 0.5) is 0 Å². The van der Waals surface area contributed by atoms with Crippen molar-refractivity contribution in [1.29, 1.82) is 5.26 Å². The Hall–Kier alpha value is -3.19. The van der Waals surface area contributed by atoms with Gasteiger partial charge in [0.15, 0.2) is 0 Å². The monoisotopic (exact) mass is 270 g/mol. The van der Waals surface area contributed by atoms with Crippen molar-refractivity contribution in [2.75, 3.05) is 0 Å². The van der Waals surface area contributed by atoms with Crippen LogP contribution in [0.25, 0.3) is 32.9 Å². The molecule has 0 amide bonds. The minimum atomic E-state index is 0.568. The van der Waals surface area contributed by atoms with E-state index < -0.39 is 0 Å². The summed E-state index contributed by atoms with van der Waals surface area (Å²) in [5.74, 6) is 0. The SMILES string of the molecule is N#Cc1cnc2cnccc2c1-c1c[nH]c2ccccc12. The third kappa shape index (κ3) is 1.68. The van der Waals surface area contributed by atoms with Crippen molar-refractivity contribution in [2.24, 2.45) is 0 Å². The number of hydrogen-bond acceptors (Lipinski definition) is 3. The summed E-state index contributed by atoms with van der Waals surface area (Å²) in [6, 6.07) is 12.2. The Kier molecular flexibility index (Phi) is 2.45. The van der Waals surface area contributed by atoms with Crippen LogP contribution in [0.5, 0.6) is 0 Å². The number of nitriles is 1. The van der Waals surface area contributed by atoms with E-state index >= 15 is 0 Å². The zero-order chi connectivity index (χ0) is 14.2. The maximum Gasteiger partial charge on any atom is 0.101 e. The zero-order valence-corrected chi connectivity index (χ0v) is 11.0. The van der Waals surface area contributed by atoms with E-state index in [1.54, 1.807) is 18.6 Å². The number of fused-ring (bicyclic) bond motifs is 2. The smallest absolute Gasteiger partial charge is 0.101 e. The summed E-state index contributed by atoms with van der Waals surface area (Å²) in [4.78, 5) is 11.7. The van der Waals surface area contributed by atoms with Crippen LogP contribution in [0.1, 0.15) is 5.56 Å². The van der Waals surface area contributed by atoms with Crippen LogP contribution in [-0.4, -0.2) is 15.0 Å². The Morgan fingerprint density at radius 1 is 1.05 bits per heavy atom. The summed E-state index contributed by atoms with van der Waals surface area (Å²) in [7, 11) is 0. The molecule has 0 bridgehead atoms. The summed E-state index contributed by atoms with van der Waals surface area (Å²) >= 11 is 0. The van der Waals surface area contributed by atoms with Gasteiger partial charge in [-0.3, -0.25) is 9.97 Å². The first-order chi connectivity index (χ1) is 10.4. The van der Waals surface area contributed by atoms with Gasteiger partial charge >= 0.3 is 0 Å². The Balaban J connectivity index is 2.17. The molecule has 21 heavy (non-hydrogen) atoms. The standard InChI is InChI=1S/C17H10N4/c18-7-11-8-20-16-10-19-6-5-13(16)17(11)14-9-21-15-4-2-1-3-12(14)15/h1-6,8-10,21H. The lowest BCUT2D eigenvalue weighted by molar-refractivity contribution is 1.30. The molecule has 4 nitrogen and oxygen atoms in total. The van der Waals surface area contributed by atoms with E-state index in [0.717, 1.165) is 32.9 Å². The molecule has 1 N–H and O–H groups in total. The minimum absolute atomic E-state index is 0.568. The molecule has 0 saturated carbocycles. The highest BCUT2D eigenvalue weighted by molar-refractivity contribution is 6.05. The molecule has 4 heteroatoms. The number of aromatic nitrogens is 3. The van der Waals surface area contributed by atoms with E-state index in [4.69, 9.17) is 0 Å². The van der Waals surface area contributed by atoms with E-state index in [9.17, 15) is 5.26 Å². The van der Waals surface area contributed by atoms with Crippen molar-refractivity contribution in [3.63, 3.8) is 0 Å². The molecule has 0 aliphatic rings. The van der Waals surface area contributed by atoms with Gasteiger partial charge in [0, 0.05) is 46.0 Å². The average molecular weight is 270 g/mol. The number of hydrogen-bond donors (Lipinski definition) is 1. The second-order valence-electron chi connectivity index (χ2n) is 4.80. The van der Waals surface area contributed by atoms with Crippen LogP contribution < -0.4 is 0 Å². The number of rotatable bonds is 1. The van der Waals surface area contributed by atoms with Gasteiger partial charge in [0.05, 0.1) is 17.3 Å². The Bertz CT molecular complexity index is 1010. The Morgan fingerprint density at radius 2 is 1.95 bits per heavy atom. The molecule has 4 aromatic rings. The largest absolute Gasteiger partial charge is 0.361 e. The fourth-order valence-electron chi connectivity index (χ4n) is 2.70. The lowest BCUT2D eigenvalue weighted by atomic mass is 9.97. The number of nitrogens with zero attached hydrogens (tertiary/aromatic N) is 3. The molecule has 0 atom stereocenters. The predicted molar refractivity (Wildman–Crippen MR) is 81.5 cm³/mol. The Labute approximate surface area is 120 Å². The van der Waals surface area contributed by atoms with Gasteiger partial charge in [-0.2, -0.15) is 5.26 Å². The van der Waals surface area contributed by atoms with Crippen molar-refractivity contribution in [3.8, 4) is 17.2 Å². The van der Waals surface area contributed by atoms with Gasteiger partial charge in [0.25, 0.3) is 0 Å². The molecule has 3 heterocycles. The van der Waals surface area contributed by atoms with Crippen molar-refractivity contribution < 1.29 is 0 Å². The number of benzene rings is 1. The highest BCUT2D eigenvalue weighted by Crippen LogP contribution is 2.35. The molecule has 0 aliphatic heterocycles. The first kappa shape index (κ1) is 11.6. The highest BCUT2D eigenvalue weighted by atomic mass is 14.7. The van der Waals surface area contributed by atoms with Crippen molar-refractivity contribution in [3.05, 3.63) is 60.7 Å². The topological polar surface area (TPSA) is 65.4 Å². The van der Waals surface area contributed by atoms with Crippen LogP contribution in [0, 0.1) is 11.3 Å². The van der Waals surface area contributed by atoms with E-state index in [0.29, 0.717) is 5.56 Å². The first-order valence-corrected chi connectivity index (χ1v) is 6.58. The maximum absolute atomic E-state index is 9.43. The van der Waals surface area contributed by atoms with Crippen LogP contribution >= 0.6 is 0 Å².